The number of aromatic amines is 1. The second kappa shape index (κ2) is 3.62. The van der Waals surface area contributed by atoms with E-state index in [-0.39, 0.29) is 0 Å². The third-order valence-electron chi connectivity index (χ3n) is 2.36. The van der Waals surface area contributed by atoms with E-state index < -0.39 is 0 Å². The summed E-state index contributed by atoms with van der Waals surface area (Å²) in [6.07, 6.45) is 0.903. The fourth-order valence-electron chi connectivity index (χ4n) is 1.55. The number of rotatable bonds is 2. The van der Waals surface area contributed by atoms with Crippen molar-refractivity contribution in [2.75, 3.05) is 0 Å². The molecular weight excluding hydrogens is 174 g/mol. The summed E-state index contributed by atoms with van der Waals surface area (Å²) in [5, 5.41) is 11.0. The van der Waals surface area contributed by atoms with E-state index in [0.717, 1.165) is 23.4 Å². The Morgan fingerprint density at radius 1 is 1.21 bits per heavy atom. The Balaban J connectivity index is 2.54. The summed E-state index contributed by atoms with van der Waals surface area (Å²) >= 11 is 0. The molecule has 14 heavy (non-hydrogen) atoms. The second-order valence-corrected chi connectivity index (χ2v) is 3.29. The van der Waals surface area contributed by atoms with E-state index in [9.17, 15) is 0 Å². The van der Waals surface area contributed by atoms with Gasteiger partial charge in [0.25, 0.3) is 0 Å². The molecule has 72 valence electrons. The van der Waals surface area contributed by atoms with E-state index in [2.05, 4.69) is 41.4 Å². The van der Waals surface area contributed by atoms with Crippen LogP contribution in [0.25, 0.3) is 11.3 Å². The summed E-state index contributed by atoms with van der Waals surface area (Å²) in [7, 11) is 0. The Morgan fingerprint density at radius 3 is 2.71 bits per heavy atom. The van der Waals surface area contributed by atoms with Crippen LogP contribution in [-0.2, 0) is 6.42 Å². The van der Waals surface area contributed by atoms with Gasteiger partial charge in [-0.15, -0.1) is 0 Å². The van der Waals surface area contributed by atoms with E-state index in [0.29, 0.717) is 0 Å². The molecule has 0 bridgehead atoms. The van der Waals surface area contributed by atoms with Crippen LogP contribution in [0.1, 0.15) is 18.2 Å². The lowest BCUT2D eigenvalue weighted by Crippen LogP contribution is -1.88. The van der Waals surface area contributed by atoms with Crippen molar-refractivity contribution in [2.45, 2.75) is 20.3 Å². The molecular formula is C11H13N3. The van der Waals surface area contributed by atoms with Gasteiger partial charge in [-0.05, 0) is 18.9 Å². The molecule has 0 atom stereocenters. The zero-order valence-electron chi connectivity index (χ0n) is 8.41. The van der Waals surface area contributed by atoms with Crippen LogP contribution >= 0.6 is 0 Å². The summed E-state index contributed by atoms with van der Waals surface area (Å²) in [4.78, 5) is 0. The molecule has 2 rings (SSSR count). The molecule has 1 N–H and O–H groups in total. The lowest BCUT2D eigenvalue weighted by atomic mass is 10.0. The van der Waals surface area contributed by atoms with Gasteiger partial charge in [0.15, 0.2) is 0 Å². The highest BCUT2D eigenvalue weighted by atomic mass is 15.3. The Kier molecular flexibility index (Phi) is 2.31. The van der Waals surface area contributed by atoms with E-state index in [4.69, 9.17) is 0 Å². The Hall–Kier alpha value is -1.64. The van der Waals surface area contributed by atoms with E-state index >= 15 is 0 Å². The molecule has 1 aromatic heterocycles. The largest absolute Gasteiger partial charge is 0.197 e. The Bertz CT molecular complexity index is 432. The van der Waals surface area contributed by atoms with Gasteiger partial charge in [0.1, 0.15) is 5.69 Å². The maximum absolute atomic E-state index is 4.18. The first-order valence-corrected chi connectivity index (χ1v) is 4.78. The highest BCUT2D eigenvalue weighted by Crippen LogP contribution is 2.22. The average Bonchev–Trinajstić information content (AvgIpc) is 2.66. The molecule has 1 aromatic carbocycles. The van der Waals surface area contributed by atoms with Crippen LogP contribution in [0.5, 0.6) is 0 Å². The molecule has 0 fully saturated rings. The second-order valence-electron chi connectivity index (χ2n) is 3.29. The minimum atomic E-state index is 0.903. The third kappa shape index (κ3) is 1.41. The number of nitrogens with zero attached hydrogens (tertiary/aromatic N) is 2. The topological polar surface area (TPSA) is 41.6 Å². The van der Waals surface area contributed by atoms with Crippen molar-refractivity contribution in [1.29, 1.82) is 0 Å². The number of H-pyrrole nitrogens is 1. The van der Waals surface area contributed by atoms with Crippen LogP contribution in [-0.4, -0.2) is 15.4 Å². The molecule has 0 aliphatic heterocycles. The Labute approximate surface area is 83.2 Å². The van der Waals surface area contributed by atoms with Gasteiger partial charge in [-0.2, -0.15) is 15.4 Å². The first kappa shape index (κ1) is 8.94. The summed E-state index contributed by atoms with van der Waals surface area (Å²) in [6, 6.07) is 8.22. The third-order valence-corrected chi connectivity index (χ3v) is 2.36. The van der Waals surface area contributed by atoms with E-state index in [1.165, 1.54) is 5.56 Å². The summed E-state index contributed by atoms with van der Waals surface area (Å²) in [5.41, 5.74) is 4.40. The first-order chi connectivity index (χ1) is 6.83. The Morgan fingerprint density at radius 2 is 2.00 bits per heavy atom. The molecule has 1 heterocycles. The highest BCUT2D eigenvalue weighted by molar-refractivity contribution is 5.64. The van der Waals surface area contributed by atoms with Gasteiger partial charge in [0.2, 0.25) is 0 Å². The number of aromatic nitrogens is 3. The molecule has 0 saturated carbocycles. The molecule has 0 radical (unpaired) electrons. The van der Waals surface area contributed by atoms with Crippen LogP contribution in [0.3, 0.4) is 0 Å². The summed E-state index contributed by atoms with van der Waals surface area (Å²) in [6.45, 7) is 4.17. The van der Waals surface area contributed by atoms with E-state index in [1.54, 1.807) is 0 Å². The predicted octanol–water partition coefficient (Wildman–Crippen LogP) is 2.34. The van der Waals surface area contributed by atoms with Crippen LogP contribution in [0.15, 0.2) is 24.3 Å². The van der Waals surface area contributed by atoms with Gasteiger partial charge in [0, 0.05) is 5.56 Å². The van der Waals surface area contributed by atoms with Gasteiger partial charge in [-0.25, -0.2) is 0 Å². The molecule has 2 aromatic rings. The first-order valence-electron chi connectivity index (χ1n) is 4.78. The molecule has 0 spiro atoms. The molecule has 0 saturated heterocycles. The van der Waals surface area contributed by atoms with Crippen molar-refractivity contribution < 1.29 is 0 Å². The molecule has 0 aliphatic rings. The summed E-state index contributed by atoms with van der Waals surface area (Å²) in [5.74, 6) is 0. The van der Waals surface area contributed by atoms with Crippen LogP contribution in [0.4, 0.5) is 0 Å². The predicted molar refractivity (Wildman–Crippen MR) is 55.9 cm³/mol. The summed E-state index contributed by atoms with van der Waals surface area (Å²) < 4.78 is 0. The number of aryl methyl sites for hydroxylation is 2. The highest BCUT2D eigenvalue weighted by Gasteiger charge is 2.09. The zero-order valence-corrected chi connectivity index (χ0v) is 8.41. The monoisotopic (exact) mass is 187 g/mol. The van der Waals surface area contributed by atoms with Crippen LogP contribution < -0.4 is 0 Å². The SMILES string of the molecule is CCc1n[nH]nc1-c1ccccc1C. The maximum atomic E-state index is 4.18. The number of benzene rings is 1. The smallest absolute Gasteiger partial charge is 0.116 e. The quantitative estimate of drug-likeness (QED) is 0.784. The van der Waals surface area contributed by atoms with Crippen molar-refractivity contribution in [3.8, 4) is 11.3 Å². The lowest BCUT2D eigenvalue weighted by molar-refractivity contribution is 0.908. The van der Waals surface area contributed by atoms with Crippen molar-refractivity contribution in [3.63, 3.8) is 0 Å². The maximum Gasteiger partial charge on any atom is 0.116 e. The normalized spacial score (nSPS) is 10.4. The average molecular weight is 187 g/mol. The van der Waals surface area contributed by atoms with E-state index in [1.807, 2.05) is 12.1 Å². The standard InChI is InChI=1S/C11H13N3/c1-3-10-11(13-14-12-10)9-7-5-4-6-8(9)2/h4-7H,3H2,1-2H3,(H,12,13,14). The zero-order chi connectivity index (χ0) is 9.97. The van der Waals surface area contributed by atoms with Crippen molar-refractivity contribution in [3.05, 3.63) is 35.5 Å². The van der Waals surface area contributed by atoms with Gasteiger partial charge < -0.3 is 0 Å². The minimum Gasteiger partial charge on any atom is -0.197 e. The fraction of sp³-hybridized carbons (Fsp3) is 0.273. The minimum absolute atomic E-state index is 0.903. The van der Waals surface area contributed by atoms with Gasteiger partial charge in [-0.1, -0.05) is 31.2 Å². The lowest BCUT2D eigenvalue weighted by Gasteiger charge is -2.02. The number of nitrogens with one attached hydrogen (secondary N) is 1. The number of hydrogen-bond donors (Lipinski definition) is 1. The molecule has 3 nitrogen and oxygen atoms in total. The molecule has 0 amide bonds. The number of hydrogen-bond acceptors (Lipinski definition) is 2. The van der Waals surface area contributed by atoms with Crippen molar-refractivity contribution in [1.82, 2.24) is 15.4 Å². The van der Waals surface area contributed by atoms with Crippen molar-refractivity contribution >= 4 is 0 Å². The van der Waals surface area contributed by atoms with Crippen molar-refractivity contribution in [2.24, 2.45) is 0 Å². The van der Waals surface area contributed by atoms with Crippen LogP contribution in [0.2, 0.25) is 0 Å². The molecule has 3 heteroatoms. The fourth-order valence-corrected chi connectivity index (χ4v) is 1.55. The van der Waals surface area contributed by atoms with Gasteiger partial charge in [0.05, 0.1) is 5.69 Å². The van der Waals surface area contributed by atoms with Gasteiger partial charge >= 0.3 is 0 Å². The molecule has 0 unspecified atom stereocenters. The van der Waals surface area contributed by atoms with Crippen LogP contribution in [0, 0.1) is 6.92 Å². The van der Waals surface area contributed by atoms with Gasteiger partial charge in [-0.3, -0.25) is 0 Å². The molecule has 0 aliphatic carbocycles.